The van der Waals surface area contributed by atoms with E-state index in [2.05, 4.69) is 0 Å². The third kappa shape index (κ3) is 2.90. The number of rotatable bonds is 3. The van der Waals surface area contributed by atoms with Crippen LogP contribution in [0.15, 0.2) is 48.5 Å². The molecule has 2 aromatic rings. The standard InChI is InChI=1S/C15H13ClO2/c1-2-15(17)18-14-9-8-12(10-13(14)16)11-6-4-3-5-7-11/h3-10H,2H2,1H3. The first-order chi connectivity index (χ1) is 8.70. The molecule has 0 atom stereocenters. The average molecular weight is 261 g/mol. The van der Waals surface area contributed by atoms with E-state index in [0.29, 0.717) is 17.2 Å². The van der Waals surface area contributed by atoms with E-state index in [4.69, 9.17) is 16.3 Å². The Kier molecular flexibility index (Phi) is 4.00. The van der Waals surface area contributed by atoms with Crippen molar-refractivity contribution in [3.8, 4) is 16.9 Å². The first-order valence-corrected chi connectivity index (χ1v) is 6.14. The smallest absolute Gasteiger partial charge is 0.310 e. The quantitative estimate of drug-likeness (QED) is 0.607. The molecule has 2 aromatic carbocycles. The summed E-state index contributed by atoms with van der Waals surface area (Å²) in [7, 11) is 0. The predicted molar refractivity (Wildman–Crippen MR) is 72.8 cm³/mol. The fourth-order valence-corrected chi connectivity index (χ4v) is 1.81. The van der Waals surface area contributed by atoms with Gasteiger partial charge in [-0.3, -0.25) is 4.79 Å². The van der Waals surface area contributed by atoms with Gasteiger partial charge in [0.05, 0.1) is 5.02 Å². The van der Waals surface area contributed by atoms with Gasteiger partial charge in [0.2, 0.25) is 0 Å². The van der Waals surface area contributed by atoms with Crippen LogP contribution in [-0.2, 0) is 4.79 Å². The lowest BCUT2D eigenvalue weighted by atomic mass is 10.1. The second kappa shape index (κ2) is 5.69. The van der Waals surface area contributed by atoms with Crippen molar-refractivity contribution in [3.05, 3.63) is 53.6 Å². The van der Waals surface area contributed by atoms with Gasteiger partial charge >= 0.3 is 5.97 Å². The molecular weight excluding hydrogens is 248 g/mol. The van der Waals surface area contributed by atoms with Crippen LogP contribution in [0.4, 0.5) is 0 Å². The lowest BCUT2D eigenvalue weighted by Gasteiger charge is -2.07. The second-order valence-corrected chi connectivity index (χ2v) is 4.25. The first-order valence-electron chi connectivity index (χ1n) is 5.76. The summed E-state index contributed by atoms with van der Waals surface area (Å²) < 4.78 is 5.11. The van der Waals surface area contributed by atoms with Crippen molar-refractivity contribution < 1.29 is 9.53 Å². The third-order valence-electron chi connectivity index (χ3n) is 2.55. The van der Waals surface area contributed by atoms with Crippen LogP contribution in [0, 0.1) is 0 Å². The summed E-state index contributed by atoms with van der Waals surface area (Å²) in [4.78, 5) is 11.2. The molecule has 0 unspecified atom stereocenters. The molecule has 0 aliphatic carbocycles. The van der Waals surface area contributed by atoms with Crippen molar-refractivity contribution in [1.82, 2.24) is 0 Å². The van der Waals surface area contributed by atoms with Crippen LogP contribution in [0.2, 0.25) is 5.02 Å². The summed E-state index contributed by atoms with van der Waals surface area (Å²) in [5, 5.41) is 0.443. The maximum atomic E-state index is 11.2. The second-order valence-electron chi connectivity index (χ2n) is 3.84. The van der Waals surface area contributed by atoms with Gasteiger partial charge in [-0.25, -0.2) is 0 Å². The first kappa shape index (κ1) is 12.7. The van der Waals surface area contributed by atoms with E-state index in [0.717, 1.165) is 11.1 Å². The number of carbonyl (C=O) groups is 1. The van der Waals surface area contributed by atoms with Gasteiger partial charge in [-0.15, -0.1) is 0 Å². The van der Waals surface area contributed by atoms with E-state index in [1.165, 1.54) is 0 Å². The Labute approximate surface area is 111 Å². The fourth-order valence-electron chi connectivity index (χ4n) is 1.59. The largest absolute Gasteiger partial charge is 0.425 e. The molecule has 0 heterocycles. The zero-order valence-corrected chi connectivity index (χ0v) is 10.8. The zero-order valence-electron chi connectivity index (χ0n) is 10.0. The molecule has 3 heteroatoms. The Bertz CT molecular complexity index is 550. The summed E-state index contributed by atoms with van der Waals surface area (Å²) in [6.07, 6.45) is 0.330. The lowest BCUT2D eigenvalue weighted by molar-refractivity contribution is -0.134. The van der Waals surface area contributed by atoms with Crippen LogP contribution < -0.4 is 4.74 Å². The maximum absolute atomic E-state index is 11.2. The zero-order chi connectivity index (χ0) is 13.0. The molecular formula is C15H13ClO2. The van der Waals surface area contributed by atoms with E-state index in [9.17, 15) is 4.79 Å². The predicted octanol–water partition coefficient (Wildman–Crippen LogP) is 4.32. The van der Waals surface area contributed by atoms with Crippen LogP contribution in [0.3, 0.4) is 0 Å². The molecule has 92 valence electrons. The molecule has 2 nitrogen and oxygen atoms in total. The summed E-state index contributed by atoms with van der Waals surface area (Å²) in [6, 6.07) is 15.3. The van der Waals surface area contributed by atoms with E-state index in [1.807, 2.05) is 36.4 Å². The highest BCUT2D eigenvalue weighted by molar-refractivity contribution is 6.32. The van der Waals surface area contributed by atoms with Crippen molar-refractivity contribution in [1.29, 1.82) is 0 Å². The number of carbonyl (C=O) groups excluding carboxylic acids is 1. The number of halogens is 1. The third-order valence-corrected chi connectivity index (χ3v) is 2.85. The van der Waals surface area contributed by atoms with Crippen LogP contribution in [-0.4, -0.2) is 5.97 Å². The molecule has 0 fully saturated rings. The monoisotopic (exact) mass is 260 g/mol. The lowest BCUT2D eigenvalue weighted by Crippen LogP contribution is -2.05. The Balaban J connectivity index is 2.28. The Morgan fingerprint density at radius 3 is 2.44 bits per heavy atom. The van der Waals surface area contributed by atoms with Crippen molar-refractivity contribution >= 4 is 17.6 Å². The molecule has 0 saturated carbocycles. The summed E-state index contributed by atoms with van der Waals surface area (Å²) in [5.41, 5.74) is 2.07. The van der Waals surface area contributed by atoms with Crippen LogP contribution in [0.25, 0.3) is 11.1 Å². The highest BCUT2D eigenvalue weighted by Gasteiger charge is 2.07. The molecule has 0 bridgehead atoms. The van der Waals surface area contributed by atoms with Crippen molar-refractivity contribution in [2.45, 2.75) is 13.3 Å². The van der Waals surface area contributed by atoms with Crippen LogP contribution >= 0.6 is 11.6 Å². The molecule has 0 aromatic heterocycles. The minimum atomic E-state index is -0.288. The van der Waals surface area contributed by atoms with E-state index >= 15 is 0 Å². The Morgan fingerprint density at radius 1 is 1.11 bits per heavy atom. The minimum absolute atomic E-state index is 0.288. The average Bonchev–Trinajstić information content (AvgIpc) is 2.42. The highest BCUT2D eigenvalue weighted by Crippen LogP contribution is 2.30. The summed E-state index contributed by atoms with van der Waals surface area (Å²) >= 11 is 6.10. The molecule has 0 spiro atoms. The Morgan fingerprint density at radius 2 is 1.83 bits per heavy atom. The van der Waals surface area contributed by atoms with Gasteiger partial charge in [-0.2, -0.15) is 0 Å². The molecule has 0 radical (unpaired) electrons. The maximum Gasteiger partial charge on any atom is 0.310 e. The van der Waals surface area contributed by atoms with E-state index < -0.39 is 0 Å². The normalized spacial score (nSPS) is 10.1. The molecule has 0 saturated heterocycles. The van der Waals surface area contributed by atoms with Gasteiger partial charge < -0.3 is 4.74 Å². The molecule has 2 rings (SSSR count). The van der Waals surface area contributed by atoms with Gasteiger partial charge in [0.1, 0.15) is 5.75 Å². The number of hydrogen-bond acceptors (Lipinski definition) is 2. The summed E-state index contributed by atoms with van der Waals surface area (Å²) in [5.74, 6) is 0.118. The van der Waals surface area contributed by atoms with Gasteiger partial charge in [0, 0.05) is 6.42 Å². The van der Waals surface area contributed by atoms with Crippen LogP contribution in [0.1, 0.15) is 13.3 Å². The van der Waals surface area contributed by atoms with Gasteiger partial charge in [0.15, 0.2) is 0 Å². The number of hydrogen-bond donors (Lipinski definition) is 0. The number of ether oxygens (including phenoxy) is 1. The minimum Gasteiger partial charge on any atom is -0.425 e. The van der Waals surface area contributed by atoms with Gasteiger partial charge in [-0.1, -0.05) is 54.9 Å². The van der Waals surface area contributed by atoms with E-state index in [-0.39, 0.29) is 5.97 Å². The molecule has 18 heavy (non-hydrogen) atoms. The molecule has 0 amide bonds. The molecule has 0 aliphatic heterocycles. The SMILES string of the molecule is CCC(=O)Oc1ccc(-c2ccccc2)cc1Cl. The van der Waals surface area contributed by atoms with Crippen molar-refractivity contribution in [3.63, 3.8) is 0 Å². The van der Waals surface area contributed by atoms with Crippen LogP contribution in [0.5, 0.6) is 5.75 Å². The Hall–Kier alpha value is -1.80. The highest BCUT2D eigenvalue weighted by atomic mass is 35.5. The molecule has 0 aliphatic rings. The topological polar surface area (TPSA) is 26.3 Å². The van der Waals surface area contributed by atoms with Gasteiger partial charge in [0.25, 0.3) is 0 Å². The molecule has 0 N–H and O–H groups in total. The van der Waals surface area contributed by atoms with Crippen molar-refractivity contribution in [2.24, 2.45) is 0 Å². The van der Waals surface area contributed by atoms with Gasteiger partial charge in [-0.05, 0) is 23.3 Å². The van der Waals surface area contributed by atoms with Crippen molar-refractivity contribution in [2.75, 3.05) is 0 Å². The summed E-state index contributed by atoms with van der Waals surface area (Å²) in [6.45, 7) is 1.74. The van der Waals surface area contributed by atoms with E-state index in [1.54, 1.807) is 19.1 Å². The fraction of sp³-hybridized carbons (Fsp3) is 0.133. The number of benzene rings is 2. The number of esters is 1.